The van der Waals surface area contributed by atoms with Gasteiger partial charge in [-0.05, 0) is 42.0 Å². The maximum Gasteiger partial charge on any atom is 0.225 e. The van der Waals surface area contributed by atoms with Crippen LogP contribution in [0.3, 0.4) is 0 Å². The van der Waals surface area contributed by atoms with Gasteiger partial charge in [-0.3, -0.25) is 0 Å². The summed E-state index contributed by atoms with van der Waals surface area (Å²) in [7, 11) is 0. The van der Waals surface area contributed by atoms with Gasteiger partial charge in [-0.25, -0.2) is 9.37 Å². The highest BCUT2D eigenvalue weighted by Gasteiger charge is 2.22. The molecule has 5 rings (SSSR count). The summed E-state index contributed by atoms with van der Waals surface area (Å²) in [6.07, 6.45) is 3.31. The Morgan fingerprint density at radius 2 is 1.51 bits per heavy atom. The smallest absolute Gasteiger partial charge is 0.225 e. The van der Waals surface area contributed by atoms with Crippen LogP contribution in [0.15, 0.2) is 85.1 Å². The standard InChI is InChI=1S/C30H30FN3O3/c31-27-17-25(18-32-29(27)34-15-13-22(19-35)14-16-34)26-11-12-28(36-20-23-7-3-1-4-8-23)33-30(26)37-21-24-9-5-2-6-10-24/h1-12,17-18,22,35H,13-16,19-21H2. The predicted octanol–water partition coefficient (Wildman–Crippen LogP) is 5.65. The van der Waals surface area contributed by atoms with Crippen LogP contribution in [-0.2, 0) is 13.2 Å². The van der Waals surface area contributed by atoms with Crippen LogP contribution in [0.25, 0.3) is 11.1 Å². The van der Waals surface area contributed by atoms with Crippen molar-refractivity contribution in [3.63, 3.8) is 0 Å². The highest BCUT2D eigenvalue weighted by Crippen LogP contribution is 2.33. The molecule has 4 aromatic rings. The molecule has 0 unspecified atom stereocenters. The van der Waals surface area contributed by atoms with E-state index >= 15 is 4.39 Å². The van der Waals surface area contributed by atoms with E-state index in [0.29, 0.717) is 55.0 Å². The highest BCUT2D eigenvalue weighted by molar-refractivity contribution is 5.69. The molecule has 0 radical (unpaired) electrons. The van der Waals surface area contributed by atoms with Crippen molar-refractivity contribution in [1.82, 2.24) is 9.97 Å². The Kier molecular flexibility index (Phi) is 7.91. The lowest BCUT2D eigenvalue weighted by Crippen LogP contribution is -2.35. The fourth-order valence-electron chi connectivity index (χ4n) is 4.43. The predicted molar refractivity (Wildman–Crippen MR) is 141 cm³/mol. The van der Waals surface area contributed by atoms with Crippen molar-refractivity contribution in [3.8, 4) is 22.9 Å². The van der Waals surface area contributed by atoms with Crippen LogP contribution >= 0.6 is 0 Å². The summed E-state index contributed by atoms with van der Waals surface area (Å²) in [4.78, 5) is 11.0. The average molecular weight is 500 g/mol. The maximum atomic E-state index is 15.2. The Morgan fingerprint density at radius 3 is 2.14 bits per heavy atom. The van der Waals surface area contributed by atoms with Crippen LogP contribution in [0.5, 0.6) is 11.8 Å². The van der Waals surface area contributed by atoms with Gasteiger partial charge < -0.3 is 19.5 Å². The van der Waals surface area contributed by atoms with Crippen molar-refractivity contribution in [2.24, 2.45) is 5.92 Å². The number of nitrogens with zero attached hydrogens (tertiary/aromatic N) is 3. The number of hydrogen-bond acceptors (Lipinski definition) is 6. The molecule has 3 heterocycles. The molecule has 0 aliphatic carbocycles. The second-order valence-electron chi connectivity index (χ2n) is 9.19. The topological polar surface area (TPSA) is 67.7 Å². The second-order valence-corrected chi connectivity index (χ2v) is 9.19. The zero-order valence-corrected chi connectivity index (χ0v) is 20.6. The van der Waals surface area contributed by atoms with Crippen LogP contribution in [0.2, 0.25) is 0 Å². The molecule has 1 saturated heterocycles. The van der Waals surface area contributed by atoms with Crippen LogP contribution in [0, 0.1) is 11.7 Å². The average Bonchev–Trinajstić information content (AvgIpc) is 2.96. The normalized spacial score (nSPS) is 13.9. The number of ether oxygens (including phenoxy) is 2. The van der Waals surface area contributed by atoms with Gasteiger partial charge >= 0.3 is 0 Å². The number of halogens is 1. The molecule has 2 aromatic carbocycles. The fourth-order valence-corrected chi connectivity index (χ4v) is 4.43. The molecule has 2 aromatic heterocycles. The number of piperidine rings is 1. The number of aliphatic hydroxyl groups excluding tert-OH is 1. The van der Waals surface area contributed by atoms with Gasteiger partial charge in [0.25, 0.3) is 0 Å². The van der Waals surface area contributed by atoms with Crippen molar-refractivity contribution < 1.29 is 19.0 Å². The van der Waals surface area contributed by atoms with Gasteiger partial charge in [-0.2, -0.15) is 4.98 Å². The van der Waals surface area contributed by atoms with Crippen LogP contribution in [0.1, 0.15) is 24.0 Å². The van der Waals surface area contributed by atoms with Gasteiger partial charge in [0.2, 0.25) is 11.8 Å². The molecule has 0 bridgehead atoms. The summed E-state index contributed by atoms with van der Waals surface area (Å²) in [6.45, 7) is 2.22. The number of anilines is 1. The molecule has 1 fully saturated rings. The van der Waals surface area contributed by atoms with Gasteiger partial charge in [-0.15, -0.1) is 0 Å². The molecule has 37 heavy (non-hydrogen) atoms. The number of benzene rings is 2. The Hall–Kier alpha value is -3.97. The number of aliphatic hydroxyl groups is 1. The second kappa shape index (κ2) is 11.8. The third-order valence-corrected chi connectivity index (χ3v) is 6.59. The third-order valence-electron chi connectivity index (χ3n) is 6.59. The Labute approximate surface area is 216 Å². The lowest BCUT2D eigenvalue weighted by Gasteiger charge is -2.32. The first-order valence-corrected chi connectivity index (χ1v) is 12.6. The van der Waals surface area contributed by atoms with Crippen molar-refractivity contribution in [2.75, 3.05) is 24.6 Å². The summed E-state index contributed by atoms with van der Waals surface area (Å²) in [5.74, 6) is 0.997. The van der Waals surface area contributed by atoms with Crippen molar-refractivity contribution in [1.29, 1.82) is 0 Å². The van der Waals surface area contributed by atoms with Gasteiger partial charge in [0.1, 0.15) is 13.2 Å². The molecule has 0 atom stereocenters. The van der Waals surface area contributed by atoms with E-state index in [-0.39, 0.29) is 12.5 Å². The van der Waals surface area contributed by atoms with Gasteiger partial charge in [-0.1, -0.05) is 60.7 Å². The zero-order valence-electron chi connectivity index (χ0n) is 20.6. The Bertz CT molecular complexity index is 1300. The molecule has 0 amide bonds. The third kappa shape index (κ3) is 6.24. The summed E-state index contributed by atoms with van der Waals surface area (Å²) >= 11 is 0. The van der Waals surface area contributed by atoms with Crippen molar-refractivity contribution in [2.45, 2.75) is 26.1 Å². The fraction of sp³-hybridized carbons (Fsp3) is 0.267. The minimum atomic E-state index is -0.390. The number of pyridine rings is 2. The van der Waals surface area contributed by atoms with E-state index in [2.05, 4.69) is 9.97 Å². The quantitative estimate of drug-likeness (QED) is 0.321. The number of hydrogen-bond donors (Lipinski definition) is 1. The lowest BCUT2D eigenvalue weighted by atomic mass is 9.98. The summed E-state index contributed by atoms with van der Waals surface area (Å²) in [5.41, 5.74) is 3.25. The molecular weight excluding hydrogens is 469 g/mol. The van der Waals surface area contributed by atoms with E-state index < -0.39 is 5.82 Å². The van der Waals surface area contributed by atoms with E-state index in [0.717, 1.165) is 24.0 Å². The largest absolute Gasteiger partial charge is 0.473 e. The zero-order chi connectivity index (χ0) is 25.5. The minimum Gasteiger partial charge on any atom is -0.473 e. The molecule has 1 N–H and O–H groups in total. The first kappa shape index (κ1) is 24.7. The molecular formula is C30H30FN3O3. The molecule has 6 nitrogen and oxygen atoms in total. The van der Waals surface area contributed by atoms with Gasteiger partial charge in [0.15, 0.2) is 11.6 Å². The first-order chi connectivity index (χ1) is 18.2. The van der Waals surface area contributed by atoms with Crippen LogP contribution in [0.4, 0.5) is 10.2 Å². The monoisotopic (exact) mass is 499 g/mol. The van der Waals surface area contributed by atoms with E-state index in [4.69, 9.17) is 9.47 Å². The summed E-state index contributed by atoms with van der Waals surface area (Å²) in [5, 5.41) is 9.38. The van der Waals surface area contributed by atoms with Crippen LogP contribution < -0.4 is 14.4 Å². The molecule has 1 aliphatic heterocycles. The lowest BCUT2D eigenvalue weighted by molar-refractivity contribution is 0.202. The highest BCUT2D eigenvalue weighted by atomic mass is 19.1. The van der Waals surface area contributed by atoms with E-state index in [1.54, 1.807) is 12.3 Å². The van der Waals surface area contributed by atoms with Crippen molar-refractivity contribution >= 4 is 5.82 Å². The Morgan fingerprint density at radius 1 is 0.865 bits per heavy atom. The molecule has 0 spiro atoms. The molecule has 1 aliphatic rings. The molecule has 7 heteroatoms. The van der Waals surface area contributed by atoms with Crippen LogP contribution in [-0.4, -0.2) is 34.8 Å². The van der Waals surface area contributed by atoms with Crippen molar-refractivity contribution in [3.05, 3.63) is 102 Å². The van der Waals surface area contributed by atoms with Gasteiger partial charge in [0, 0.05) is 43.1 Å². The molecule has 190 valence electrons. The van der Waals surface area contributed by atoms with E-state index in [9.17, 15) is 5.11 Å². The first-order valence-electron chi connectivity index (χ1n) is 12.6. The van der Waals surface area contributed by atoms with E-state index in [1.807, 2.05) is 71.6 Å². The number of rotatable bonds is 9. The summed E-state index contributed by atoms with van der Waals surface area (Å²) in [6, 6.07) is 24.8. The number of aromatic nitrogens is 2. The van der Waals surface area contributed by atoms with Gasteiger partial charge in [0.05, 0.1) is 0 Å². The summed E-state index contributed by atoms with van der Waals surface area (Å²) < 4.78 is 27.2. The van der Waals surface area contributed by atoms with E-state index in [1.165, 1.54) is 6.07 Å². The minimum absolute atomic E-state index is 0.173. The Balaban J connectivity index is 1.38. The molecule has 0 saturated carbocycles. The maximum absolute atomic E-state index is 15.2. The SMILES string of the molecule is OCC1CCN(c2ncc(-c3ccc(OCc4ccccc4)nc3OCc3ccccc3)cc2F)CC1.